The molecule has 0 unspecified atom stereocenters. The van der Waals surface area contributed by atoms with E-state index in [0.717, 1.165) is 19.3 Å². The normalized spacial score (nSPS) is 25.1. The van der Waals surface area contributed by atoms with Crippen molar-refractivity contribution >= 4 is 23.3 Å². The molecule has 0 saturated heterocycles. The molecule has 3 aliphatic rings. The van der Waals surface area contributed by atoms with Crippen LogP contribution in [0.2, 0.25) is 5.02 Å². The van der Waals surface area contributed by atoms with Gasteiger partial charge < -0.3 is 10.1 Å². The summed E-state index contributed by atoms with van der Waals surface area (Å²) in [4.78, 5) is 24.5. The number of halogens is 2. The van der Waals surface area contributed by atoms with Crippen LogP contribution in [0.4, 0.5) is 4.39 Å². The van der Waals surface area contributed by atoms with E-state index in [2.05, 4.69) is 5.32 Å². The van der Waals surface area contributed by atoms with Gasteiger partial charge in [0, 0.05) is 23.6 Å². The zero-order valence-electron chi connectivity index (χ0n) is 14.6. The fourth-order valence-corrected chi connectivity index (χ4v) is 4.54. The van der Waals surface area contributed by atoms with Crippen LogP contribution < -0.4 is 10.1 Å². The number of amides is 1. The van der Waals surface area contributed by atoms with Crippen LogP contribution >= 0.6 is 11.6 Å². The first kappa shape index (κ1) is 18.0. The fourth-order valence-electron chi connectivity index (χ4n) is 4.42. The highest BCUT2D eigenvalue weighted by Gasteiger charge is 2.68. The SMILES string of the molecule is O=C(COc1ccc(Cl)c(F)c1)CC12CC(NC(=O)c3ccccc3)(C1)C2. The number of nitrogens with one attached hydrogen (secondary N) is 1. The number of Topliss-reactive ketones (excluding diaryl/α,β-unsaturated/α-hetero) is 1. The van der Waals surface area contributed by atoms with Crippen LogP contribution in [0.3, 0.4) is 0 Å². The zero-order valence-corrected chi connectivity index (χ0v) is 15.4. The van der Waals surface area contributed by atoms with Gasteiger partial charge in [0.25, 0.3) is 5.91 Å². The molecule has 1 amide bonds. The Labute approximate surface area is 161 Å². The average Bonchev–Trinajstić information content (AvgIpc) is 2.60. The number of ether oxygens (including phenoxy) is 1. The van der Waals surface area contributed by atoms with Gasteiger partial charge >= 0.3 is 0 Å². The number of carbonyl (C=O) groups is 2. The van der Waals surface area contributed by atoms with Crippen molar-refractivity contribution in [1.29, 1.82) is 0 Å². The topological polar surface area (TPSA) is 55.4 Å². The maximum atomic E-state index is 13.4. The number of benzene rings is 2. The smallest absolute Gasteiger partial charge is 0.251 e. The standard InChI is InChI=1S/C21H19ClFNO3/c22-17-7-6-16(8-18(17)23)27-10-15(25)9-20-11-21(12-20,13-20)24-19(26)14-4-2-1-3-5-14/h1-8H,9-13H2,(H,24,26). The van der Waals surface area contributed by atoms with E-state index in [-0.39, 0.29) is 40.0 Å². The van der Waals surface area contributed by atoms with Crippen LogP contribution in [0.25, 0.3) is 0 Å². The molecule has 0 atom stereocenters. The summed E-state index contributed by atoms with van der Waals surface area (Å²) < 4.78 is 18.7. The molecule has 0 aliphatic heterocycles. The quantitative estimate of drug-likeness (QED) is 0.775. The molecule has 3 aliphatic carbocycles. The van der Waals surface area contributed by atoms with Crippen LogP contribution in [-0.2, 0) is 4.79 Å². The number of rotatable bonds is 7. The summed E-state index contributed by atoms with van der Waals surface area (Å²) in [5.74, 6) is -0.372. The van der Waals surface area contributed by atoms with Gasteiger partial charge in [-0.2, -0.15) is 0 Å². The van der Waals surface area contributed by atoms with Crippen LogP contribution in [0.15, 0.2) is 48.5 Å². The highest BCUT2D eigenvalue weighted by molar-refractivity contribution is 6.30. The van der Waals surface area contributed by atoms with Gasteiger partial charge in [-0.3, -0.25) is 9.59 Å². The van der Waals surface area contributed by atoms with Crippen molar-refractivity contribution in [3.8, 4) is 5.75 Å². The zero-order chi connectivity index (χ0) is 19.1. The second kappa shape index (κ2) is 6.64. The van der Waals surface area contributed by atoms with E-state index in [1.54, 1.807) is 12.1 Å². The van der Waals surface area contributed by atoms with E-state index >= 15 is 0 Å². The van der Waals surface area contributed by atoms with Crippen molar-refractivity contribution in [3.63, 3.8) is 0 Å². The lowest BCUT2D eigenvalue weighted by Gasteiger charge is -2.70. The van der Waals surface area contributed by atoms with E-state index in [0.29, 0.717) is 12.0 Å². The lowest BCUT2D eigenvalue weighted by atomic mass is 9.38. The number of hydrogen-bond donors (Lipinski definition) is 1. The molecule has 27 heavy (non-hydrogen) atoms. The van der Waals surface area contributed by atoms with Gasteiger partial charge in [-0.1, -0.05) is 29.8 Å². The van der Waals surface area contributed by atoms with Gasteiger partial charge in [-0.05, 0) is 48.9 Å². The minimum absolute atomic E-state index is 0.0182. The van der Waals surface area contributed by atoms with E-state index in [1.807, 2.05) is 18.2 Å². The second-order valence-electron chi connectivity index (χ2n) is 7.71. The summed E-state index contributed by atoms with van der Waals surface area (Å²) in [7, 11) is 0. The Morgan fingerprint density at radius 2 is 1.81 bits per heavy atom. The van der Waals surface area contributed by atoms with E-state index < -0.39 is 5.82 Å². The Morgan fingerprint density at radius 3 is 2.48 bits per heavy atom. The largest absolute Gasteiger partial charge is 0.486 e. The second-order valence-corrected chi connectivity index (χ2v) is 8.12. The predicted octanol–water partition coefficient (Wildman–Crippen LogP) is 4.17. The van der Waals surface area contributed by atoms with Gasteiger partial charge in [-0.15, -0.1) is 0 Å². The van der Waals surface area contributed by atoms with Crippen molar-refractivity contribution in [2.24, 2.45) is 5.41 Å². The van der Waals surface area contributed by atoms with Gasteiger partial charge in [0.2, 0.25) is 0 Å². The molecule has 0 heterocycles. The average molecular weight is 388 g/mol. The Hall–Kier alpha value is -2.40. The van der Waals surface area contributed by atoms with E-state index in [1.165, 1.54) is 18.2 Å². The van der Waals surface area contributed by atoms with Gasteiger partial charge in [-0.25, -0.2) is 4.39 Å². The molecule has 3 fully saturated rings. The third kappa shape index (κ3) is 3.56. The molecule has 3 saturated carbocycles. The lowest BCUT2D eigenvalue weighted by Crippen LogP contribution is -2.75. The molecule has 2 aromatic carbocycles. The Morgan fingerprint density at radius 1 is 1.11 bits per heavy atom. The molecular weight excluding hydrogens is 369 g/mol. The molecule has 140 valence electrons. The Kier molecular flexibility index (Phi) is 4.42. The first-order chi connectivity index (χ1) is 12.9. The van der Waals surface area contributed by atoms with Gasteiger partial charge in [0.15, 0.2) is 5.78 Å². The summed E-state index contributed by atoms with van der Waals surface area (Å²) in [6.07, 6.45) is 2.88. The monoisotopic (exact) mass is 387 g/mol. The summed E-state index contributed by atoms with van der Waals surface area (Å²) in [6.45, 7) is -0.0911. The molecule has 4 nitrogen and oxygen atoms in total. The molecule has 0 spiro atoms. The summed E-state index contributed by atoms with van der Waals surface area (Å²) in [5, 5.41) is 3.13. The number of carbonyl (C=O) groups excluding carboxylic acids is 2. The highest BCUT2D eigenvalue weighted by atomic mass is 35.5. The van der Waals surface area contributed by atoms with Crippen molar-refractivity contribution in [1.82, 2.24) is 5.32 Å². The number of hydrogen-bond acceptors (Lipinski definition) is 3. The minimum atomic E-state index is -0.572. The fraction of sp³-hybridized carbons (Fsp3) is 0.333. The molecule has 0 aromatic heterocycles. The predicted molar refractivity (Wildman–Crippen MR) is 99.5 cm³/mol. The minimum Gasteiger partial charge on any atom is -0.486 e. The molecule has 2 bridgehead atoms. The van der Waals surface area contributed by atoms with Gasteiger partial charge in [0.1, 0.15) is 18.2 Å². The van der Waals surface area contributed by atoms with E-state index in [4.69, 9.17) is 16.3 Å². The van der Waals surface area contributed by atoms with Crippen LogP contribution in [-0.4, -0.2) is 23.8 Å². The maximum absolute atomic E-state index is 13.4. The van der Waals surface area contributed by atoms with Crippen molar-refractivity contribution < 1.29 is 18.7 Å². The lowest BCUT2D eigenvalue weighted by molar-refractivity contribution is -0.162. The molecule has 2 aromatic rings. The summed E-state index contributed by atoms with van der Waals surface area (Å²) in [6, 6.07) is 13.2. The third-order valence-corrected chi connectivity index (χ3v) is 5.72. The molecule has 1 N–H and O–H groups in total. The van der Waals surface area contributed by atoms with E-state index in [9.17, 15) is 14.0 Å². The highest BCUT2D eigenvalue weighted by Crippen LogP contribution is 2.69. The van der Waals surface area contributed by atoms with Crippen LogP contribution in [0, 0.1) is 11.2 Å². The van der Waals surface area contributed by atoms with Crippen molar-refractivity contribution in [3.05, 3.63) is 64.9 Å². The first-order valence-electron chi connectivity index (χ1n) is 8.86. The molecule has 0 radical (unpaired) electrons. The molecule has 5 rings (SSSR count). The van der Waals surface area contributed by atoms with Gasteiger partial charge in [0.05, 0.1) is 5.02 Å². The summed E-state index contributed by atoms with van der Waals surface area (Å²) in [5.41, 5.74) is 0.471. The van der Waals surface area contributed by atoms with Crippen LogP contribution in [0.1, 0.15) is 36.0 Å². The maximum Gasteiger partial charge on any atom is 0.251 e. The third-order valence-electron chi connectivity index (χ3n) is 5.42. The number of ketones is 1. The first-order valence-corrected chi connectivity index (χ1v) is 9.24. The Balaban J connectivity index is 1.24. The molecule has 6 heteroatoms. The van der Waals surface area contributed by atoms with Crippen molar-refractivity contribution in [2.45, 2.75) is 31.2 Å². The molecular formula is C21H19ClFNO3. The summed E-state index contributed by atoms with van der Waals surface area (Å²) >= 11 is 5.62. The Bertz CT molecular complexity index is 880. The van der Waals surface area contributed by atoms with Crippen molar-refractivity contribution in [2.75, 3.05) is 6.61 Å². The van der Waals surface area contributed by atoms with Crippen LogP contribution in [0.5, 0.6) is 5.75 Å².